The Hall–Kier alpha value is -2.52. The number of hydrogen-bond donors (Lipinski definition) is 2. The van der Waals surface area contributed by atoms with Crippen LogP contribution in [-0.2, 0) is 16.4 Å². The number of methoxy groups -OCH3 is 2. The van der Waals surface area contributed by atoms with E-state index in [1.807, 2.05) is 6.92 Å². The van der Waals surface area contributed by atoms with Gasteiger partial charge in [0.2, 0.25) is 17.7 Å². The topological polar surface area (TPSA) is 106 Å². The number of halogens is 1. The summed E-state index contributed by atoms with van der Waals surface area (Å²) in [6.07, 6.45) is 1.96. The first kappa shape index (κ1) is 18.3. The normalized spacial score (nSPS) is 11.5. The van der Waals surface area contributed by atoms with Crippen molar-refractivity contribution in [2.75, 3.05) is 18.9 Å². The molecule has 138 valence electrons. The van der Waals surface area contributed by atoms with Gasteiger partial charge in [0.05, 0.1) is 19.8 Å². The van der Waals surface area contributed by atoms with Crippen LogP contribution in [0.25, 0.3) is 10.9 Å². The number of nitrogens with zero attached hydrogens (tertiary/aromatic N) is 2. The fraction of sp³-hybridized carbons (Fsp3) is 0.250. The average Bonchev–Trinajstić information content (AvgIpc) is 3.04. The summed E-state index contributed by atoms with van der Waals surface area (Å²) in [5.41, 5.74) is 1.26. The number of sulfonamides is 1. The van der Waals surface area contributed by atoms with E-state index in [9.17, 15) is 8.42 Å². The zero-order valence-electron chi connectivity index (χ0n) is 14.3. The SMILES string of the molecule is CCc1c(OC)nc(NS(=O)(=O)c2c[nH]c3cc(Cl)ccc23)nc1OC. The molecule has 10 heteroatoms. The Labute approximate surface area is 155 Å². The second kappa shape index (κ2) is 7.00. The Morgan fingerprint density at radius 2 is 1.85 bits per heavy atom. The Bertz CT molecular complexity index is 1040. The first-order valence-electron chi connectivity index (χ1n) is 7.68. The van der Waals surface area contributed by atoms with Crippen LogP contribution in [0.5, 0.6) is 11.8 Å². The molecule has 0 fully saturated rings. The maximum atomic E-state index is 12.8. The van der Waals surface area contributed by atoms with Gasteiger partial charge < -0.3 is 14.5 Å². The molecule has 2 aromatic heterocycles. The molecule has 2 N–H and O–H groups in total. The van der Waals surface area contributed by atoms with Crippen LogP contribution < -0.4 is 14.2 Å². The molecule has 8 nitrogen and oxygen atoms in total. The molecule has 3 aromatic rings. The predicted octanol–water partition coefficient (Wildman–Crippen LogP) is 2.99. The first-order chi connectivity index (χ1) is 12.4. The van der Waals surface area contributed by atoms with Crippen LogP contribution in [-0.4, -0.2) is 37.6 Å². The summed E-state index contributed by atoms with van der Waals surface area (Å²) in [5, 5.41) is 1.01. The largest absolute Gasteiger partial charge is 0.481 e. The summed E-state index contributed by atoms with van der Waals surface area (Å²) in [7, 11) is -1.05. The van der Waals surface area contributed by atoms with Gasteiger partial charge >= 0.3 is 0 Å². The number of anilines is 1. The van der Waals surface area contributed by atoms with Crippen LogP contribution in [0.15, 0.2) is 29.3 Å². The second-order valence-electron chi connectivity index (χ2n) is 5.35. The van der Waals surface area contributed by atoms with Gasteiger partial charge in [-0.25, -0.2) is 13.1 Å². The van der Waals surface area contributed by atoms with Crippen LogP contribution in [0.2, 0.25) is 5.02 Å². The maximum absolute atomic E-state index is 12.8. The van der Waals surface area contributed by atoms with Gasteiger partial charge in [-0.2, -0.15) is 9.97 Å². The number of aromatic nitrogens is 3. The van der Waals surface area contributed by atoms with E-state index < -0.39 is 10.0 Å². The van der Waals surface area contributed by atoms with E-state index in [2.05, 4.69) is 19.7 Å². The smallest absolute Gasteiger partial charge is 0.266 e. The summed E-state index contributed by atoms with van der Waals surface area (Å²) >= 11 is 5.93. The Morgan fingerprint density at radius 1 is 1.19 bits per heavy atom. The van der Waals surface area contributed by atoms with Crippen LogP contribution in [0.1, 0.15) is 12.5 Å². The van der Waals surface area contributed by atoms with Gasteiger partial charge in [-0.3, -0.25) is 0 Å². The summed E-state index contributed by atoms with van der Waals surface area (Å²) in [6, 6.07) is 4.90. The quantitative estimate of drug-likeness (QED) is 0.663. The van der Waals surface area contributed by atoms with Crippen molar-refractivity contribution in [1.82, 2.24) is 15.0 Å². The molecule has 0 unspecified atom stereocenters. The third-order valence-electron chi connectivity index (χ3n) is 3.79. The molecular formula is C16H17ClN4O4S. The number of hydrogen-bond acceptors (Lipinski definition) is 6. The minimum atomic E-state index is -3.94. The van der Waals surface area contributed by atoms with Gasteiger partial charge in [-0.05, 0) is 24.6 Å². The molecule has 0 aliphatic rings. The van der Waals surface area contributed by atoms with E-state index in [0.717, 1.165) is 0 Å². The summed E-state index contributed by atoms with van der Waals surface area (Å²) in [5.74, 6) is 0.365. The van der Waals surface area contributed by atoms with E-state index >= 15 is 0 Å². The lowest BCUT2D eigenvalue weighted by Gasteiger charge is -2.12. The molecule has 3 rings (SSSR count). The summed E-state index contributed by atoms with van der Waals surface area (Å²) < 4.78 is 38.4. The molecule has 0 aliphatic carbocycles. The van der Waals surface area contributed by atoms with Crippen molar-refractivity contribution in [1.29, 1.82) is 0 Å². The molecule has 0 bridgehead atoms. The monoisotopic (exact) mass is 396 g/mol. The van der Waals surface area contributed by atoms with Crippen molar-refractivity contribution in [2.45, 2.75) is 18.2 Å². The van der Waals surface area contributed by atoms with Crippen LogP contribution in [0.3, 0.4) is 0 Å². The van der Waals surface area contributed by atoms with Crippen LogP contribution in [0.4, 0.5) is 5.95 Å². The molecule has 0 amide bonds. The number of ether oxygens (including phenoxy) is 2. The standard InChI is InChI=1S/C16H17ClN4O4S/c1-4-10-14(24-2)19-16(20-15(10)25-3)21-26(22,23)13-8-18-12-7-9(17)5-6-11(12)13/h5-8,18H,4H2,1-3H3,(H,19,20,21). The number of benzene rings is 1. The van der Waals surface area contributed by atoms with E-state index in [0.29, 0.717) is 27.9 Å². The minimum Gasteiger partial charge on any atom is -0.481 e. The third-order valence-corrected chi connectivity index (χ3v) is 5.40. The zero-order valence-corrected chi connectivity index (χ0v) is 15.9. The molecular weight excluding hydrogens is 380 g/mol. The van der Waals surface area contributed by atoms with Crippen LogP contribution in [0, 0.1) is 0 Å². The molecule has 0 atom stereocenters. The summed E-state index contributed by atoms with van der Waals surface area (Å²) in [6.45, 7) is 1.89. The first-order valence-corrected chi connectivity index (χ1v) is 9.54. The number of fused-ring (bicyclic) bond motifs is 1. The van der Waals surface area contributed by atoms with Gasteiger partial charge in [-0.15, -0.1) is 0 Å². The Morgan fingerprint density at radius 3 is 2.42 bits per heavy atom. The molecule has 0 saturated carbocycles. The van der Waals surface area contributed by atoms with Crippen molar-refractivity contribution >= 4 is 38.5 Å². The Balaban J connectivity index is 2.04. The third kappa shape index (κ3) is 3.27. The van der Waals surface area contributed by atoms with Crippen molar-refractivity contribution in [3.8, 4) is 11.8 Å². The lowest BCUT2D eigenvalue weighted by molar-refractivity contribution is 0.364. The molecule has 26 heavy (non-hydrogen) atoms. The predicted molar refractivity (Wildman–Crippen MR) is 98.6 cm³/mol. The minimum absolute atomic E-state index is 0.0604. The lowest BCUT2D eigenvalue weighted by Crippen LogP contribution is -2.16. The highest BCUT2D eigenvalue weighted by molar-refractivity contribution is 7.93. The van der Waals surface area contributed by atoms with Gasteiger partial charge in [0.25, 0.3) is 10.0 Å². The highest BCUT2D eigenvalue weighted by atomic mass is 35.5. The van der Waals surface area contributed by atoms with Gasteiger partial charge in [0.1, 0.15) is 4.90 Å². The van der Waals surface area contributed by atoms with Crippen LogP contribution >= 0.6 is 11.6 Å². The van der Waals surface area contributed by atoms with Crippen molar-refractivity contribution in [3.63, 3.8) is 0 Å². The average molecular weight is 397 g/mol. The molecule has 0 spiro atoms. The van der Waals surface area contributed by atoms with E-state index in [-0.39, 0.29) is 22.6 Å². The van der Waals surface area contributed by atoms with Gasteiger partial charge in [0.15, 0.2) is 0 Å². The fourth-order valence-corrected chi connectivity index (χ4v) is 3.89. The van der Waals surface area contributed by atoms with E-state index in [4.69, 9.17) is 21.1 Å². The molecule has 0 radical (unpaired) electrons. The molecule has 2 heterocycles. The fourth-order valence-electron chi connectivity index (χ4n) is 2.60. The maximum Gasteiger partial charge on any atom is 0.266 e. The second-order valence-corrected chi connectivity index (χ2v) is 7.43. The zero-order chi connectivity index (χ0) is 18.9. The Kier molecular flexibility index (Phi) is 4.92. The number of H-pyrrole nitrogens is 1. The van der Waals surface area contributed by atoms with Gasteiger partial charge in [-0.1, -0.05) is 18.5 Å². The van der Waals surface area contributed by atoms with Crippen molar-refractivity contribution < 1.29 is 17.9 Å². The van der Waals surface area contributed by atoms with E-state index in [1.54, 1.807) is 18.2 Å². The van der Waals surface area contributed by atoms with Crippen molar-refractivity contribution in [3.05, 3.63) is 35.0 Å². The highest BCUT2D eigenvalue weighted by Crippen LogP contribution is 2.29. The van der Waals surface area contributed by atoms with Gasteiger partial charge in [0, 0.05) is 22.1 Å². The molecule has 0 saturated heterocycles. The lowest BCUT2D eigenvalue weighted by atomic mass is 10.2. The van der Waals surface area contributed by atoms with Crippen molar-refractivity contribution in [2.24, 2.45) is 0 Å². The number of nitrogens with one attached hydrogen (secondary N) is 2. The molecule has 0 aliphatic heterocycles. The van der Waals surface area contributed by atoms with E-state index in [1.165, 1.54) is 20.4 Å². The number of rotatable bonds is 6. The summed E-state index contributed by atoms with van der Waals surface area (Å²) in [4.78, 5) is 11.2. The number of aromatic amines is 1. The molecule has 1 aromatic carbocycles. The highest BCUT2D eigenvalue weighted by Gasteiger charge is 2.22.